The van der Waals surface area contributed by atoms with Crippen LogP contribution in [0.15, 0.2) is 28.5 Å². The quantitative estimate of drug-likeness (QED) is 0.441. The maximum Gasteiger partial charge on any atom is 0.417 e. The summed E-state index contributed by atoms with van der Waals surface area (Å²) in [5.41, 5.74) is -0.736. The van der Waals surface area contributed by atoms with E-state index in [1.165, 1.54) is 6.07 Å². The Morgan fingerprint density at radius 3 is 2.55 bits per heavy atom. The third-order valence-electron chi connectivity index (χ3n) is 3.78. The number of benzene rings is 1. The number of aliphatic hydroxyl groups is 1. The van der Waals surface area contributed by atoms with Gasteiger partial charge in [0.25, 0.3) is 0 Å². The number of urea groups is 1. The van der Waals surface area contributed by atoms with Crippen LogP contribution >= 0.6 is 10.5 Å². The molecule has 2 rings (SSSR count). The minimum Gasteiger partial charge on any atom is -0.396 e. The van der Waals surface area contributed by atoms with E-state index < -0.39 is 43.0 Å². The SMILES string of the molecule is Cc1c[s+](-c2ccc(S(C)(=O)=O)c(C(F)(F)F)c2)c(NC(=O)NCCCCO)n1. The molecule has 12 heteroatoms. The number of carbonyl (C=O) groups is 1. The largest absolute Gasteiger partial charge is 0.417 e. The van der Waals surface area contributed by atoms with Gasteiger partial charge >= 0.3 is 17.3 Å². The standard InChI is InChI=1S/C17H20F3N3O4S2/c1-11-10-28(16(22-11)23-15(25)21-7-3-4-8-24)12-5-6-14(29(2,26)27)13(9-12)17(18,19)20/h5-6,9-10,24H,3-4,7-8H2,1-2H3,(H-,21,22,23,25)/p+1. The zero-order valence-electron chi connectivity index (χ0n) is 15.7. The first-order chi connectivity index (χ1) is 13.4. The smallest absolute Gasteiger partial charge is 0.396 e. The summed E-state index contributed by atoms with van der Waals surface area (Å²) < 4.78 is 63.7. The highest BCUT2D eigenvalue weighted by atomic mass is 32.2. The number of amides is 2. The first-order valence-electron chi connectivity index (χ1n) is 8.50. The van der Waals surface area contributed by atoms with Crippen molar-refractivity contribution < 1.29 is 31.5 Å². The summed E-state index contributed by atoms with van der Waals surface area (Å²) in [5.74, 6) is 0. The molecule has 0 aliphatic heterocycles. The zero-order chi connectivity index (χ0) is 21.8. The Morgan fingerprint density at radius 1 is 1.28 bits per heavy atom. The molecule has 0 bridgehead atoms. The molecule has 2 aromatic rings. The number of hydrogen-bond donors (Lipinski definition) is 3. The molecule has 0 spiro atoms. The van der Waals surface area contributed by atoms with Gasteiger partial charge in [-0.15, -0.1) is 0 Å². The number of alkyl halides is 3. The topological polar surface area (TPSA) is 108 Å². The highest BCUT2D eigenvalue weighted by Crippen LogP contribution is 2.43. The molecule has 1 unspecified atom stereocenters. The molecule has 0 aliphatic carbocycles. The van der Waals surface area contributed by atoms with Gasteiger partial charge in [0.05, 0.1) is 26.6 Å². The molecule has 7 nitrogen and oxygen atoms in total. The van der Waals surface area contributed by atoms with Gasteiger partial charge in [0, 0.05) is 25.5 Å². The second-order valence-corrected chi connectivity index (χ2v) is 10.0. The molecule has 29 heavy (non-hydrogen) atoms. The lowest BCUT2D eigenvalue weighted by Crippen LogP contribution is -2.29. The molecule has 160 valence electrons. The van der Waals surface area contributed by atoms with Gasteiger partial charge in [-0.05, 0) is 31.9 Å². The van der Waals surface area contributed by atoms with Crippen LogP contribution in [0.1, 0.15) is 24.1 Å². The van der Waals surface area contributed by atoms with Crippen molar-refractivity contribution in [2.75, 3.05) is 24.7 Å². The van der Waals surface area contributed by atoms with Gasteiger partial charge in [0.1, 0.15) is 0 Å². The fourth-order valence-corrected chi connectivity index (χ4v) is 5.15. The van der Waals surface area contributed by atoms with Gasteiger partial charge in [-0.1, -0.05) is 0 Å². The summed E-state index contributed by atoms with van der Waals surface area (Å²) in [6, 6.07) is 2.44. The van der Waals surface area contributed by atoms with E-state index in [1.54, 1.807) is 12.3 Å². The minimum atomic E-state index is -4.86. The number of hydrogen-bond acceptors (Lipinski definition) is 5. The highest BCUT2D eigenvalue weighted by molar-refractivity contribution is 7.90. The van der Waals surface area contributed by atoms with E-state index in [0.717, 1.165) is 12.1 Å². The number of aliphatic hydroxyl groups excluding tert-OH is 1. The van der Waals surface area contributed by atoms with E-state index in [-0.39, 0.29) is 16.6 Å². The molecule has 1 atom stereocenters. The Bertz CT molecular complexity index is 988. The molecule has 3 N–H and O–H groups in total. The van der Waals surface area contributed by atoms with Crippen LogP contribution in [-0.2, 0) is 16.0 Å². The van der Waals surface area contributed by atoms with Crippen LogP contribution in [0.5, 0.6) is 0 Å². The molecular formula is C17H21F3N3O4S2+. The number of aryl methyl sites for hydroxylation is 1. The number of aromatic nitrogens is 1. The van der Waals surface area contributed by atoms with Crippen LogP contribution in [0.3, 0.4) is 0 Å². The van der Waals surface area contributed by atoms with Gasteiger partial charge in [0.15, 0.2) is 20.1 Å². The maximum absolute atomic E-state index is 13.4. The van der Waals surface area contributed by atoms with Crippen LogP contribution in [0, 0.1) is 6.92 Å². The number of halogens is 3. The number of unbranched alkanes of at least 4 members (excludes halogenated alkanes) is 1. The van der Waals surface area contributed by atoms with Crippen LogP contribution in [0.2, 0.25) is 0 Å². The Hall–Kier alpha value is -2.18. The predicted octanol–water partition coefficient (Wildman–Crippen LogP) is 3.44. The van der Waals surface area contributed by atoms with E-state index in [4.69, 9.17) is 5.11 Å². The monoisotopic (exact) mass is 452 g/mol. The summed E-state index contributed by atoms with van der Waals surface area (Å²) in [6.07, 6.45) is -3.04. The van der Waals surface area contributed by atoms with Crippen LogP contribution in [0.4, 0.5) is 23.1 Å². The fourth-order valence-electron chi connectivity index (χ4n) is 2.50. The summed E-state index contributed by atoms with van der Waals surface area (Å²) >= 11 is 0. The molecule has 0 saturated heterocycles. The molecule has 0 fully saturated rings. The Morgan fingerprint density at radius 2 is 1.97 bits per heavy atom. The van der Waals surface area contributed by atoms with Crippen molar-refractivity contribution in [3.05, 3.63) is 34.8 Å². The van der Waals surface area contributed by atoms with Crippen molar-refractivity contribution in [1.82, 2.24) is 10.3 Å². The molecule has 1 aromatic heterocycles. The molecule has 0 saturated carbocycles. The van der Waals surface area contributed by atoms with E-state index in [9.17, 15) is 26.4 Å². The van der Waals surface area contributed by atoms with Gasteiger partial charge in [-0.2, -0.15) is 18.2 Å². The average Bonchev–Trinajstić information content (AvgIpc) is 2.97. The van der Waals surface area contributed by atoms with Gasteiger partial charge < -0.3 is 10.4 Å². The molecule has 2 amide bonds. The van der Waals surface area contributed by atoms with Crippen molar-refractivity contribution >= 4 is 31.5 Å². The Labute approximate surface area is 168 Å². The van der Waals surface area contributed by atoms with Crippen molar-refractivity contribution in [2.24, 2.45) is 0 Å². The number of thiazole rings is 1. The second kappa shape index (κ2) is 9.09. The third kappa shape index (κ3) is 6.15. The second-order valence-electron chi connectivity index (χ2n) is 6.25. The van der Waals surface area contributed by atoms with E-state index in [1.807, 2.05) is 0 Å². The average molecular weight is 453 g/mol. The molecule has 1 aromatic carbocycles. The van der Waals surface area contributed by atoms with Gasteiger partial charge in [-0.3, -0.25) is 0 Å². The maximum atomic E-state index is 13.4. The Kier molecular flexibility index (Phi) is 7.25. The fraction of sp³-hybridized carbons (Fsp3) is 0.412. The zero-order valence-corrected chi connectivity index (χ0v) is 17.3. The molecule has 1 heterocycles. The number of carbonyl (C=O) groups excluding carboxylic acids is 1. The lowest BCUT2D eigenvalue weighted by Gasteiger charge is -2.11. The van der Waals surface area contributed by atoms with Crippen LogP contribution in [0.25, 0.3) is 4.90 Å². The van der Waals surface area contributed by atoms with Crippen LogP contribution in [-0.4, -0.2) is 43.9 Å². The summed E-state index contributed by atoms with van der Waals surface area (Å²) in [6.45, 7) is 1.97. The third-order valence-corrected chi connectivity index (χ3v) is 6.88. The van der Waals surface area contributed by atoms with Crippen molar-refractivity contribution in [1.29, 1.82) is 0 Å². The lowest BCUT2D eigenvalue weighted by atomic mass is 10.2. The highest BCUT2D eigenvalue weighted by Gasteiger charge is 2.38. The summed E-state index contributed by atoms with van der Waals surface area (Å²) in [5, 5.41) is 15.6. The van der Waals surface area contributed by atoms with E-state index in [0.29, 0.717) is 31.3 Å². The summed E-state index contributed by atoms with van der Waals surface area (Å²) in [7, 11) is -5.16. The van der Waals surface area contributed by atoms with Crippen molar-refractivity contribution in [3.8, 4) is 4.90 Å². The normalized spacial score (nSPS) is 12.7. The van der Waals surface area contributed by atoms with Crippen LogP contribution < -0.4 is 10.6 Å². The number of nitrogens with zero attached hydrogens (tertiary/aromatic N) is 1. The van der Waals surface area contributed by atoms with Crippen molar-refractivity contribution in [3.63, 3.8) is 0 Å². The first kappa shape index (κ1) is 23.1. The minimum absolute atomic E-state index is 0.00753. The van der Waals surface area contributed by atoms with E-state index >= 15 is 0 Å². The molecular weight excluding hydrogens is 431 g/mol. The van der Waals surface area contributed by atoms with Crippen molar-refractivity contribution in [2.45, 2.75) is 30.8 Å². The predicted molar refractivity (Wildman–Crippen MR) is 104 cm³/mol. The molecule has 0 radical (unpaired) electrons. The number of anilines is 1. The number of rotatable bonds is 7. The lowest BCUT2D eigenvalue weighted by molar-refractivity contribution is -0.139. The first-order valence-corrected chi connectivity index (χ1v) is 11.7. The summed E-state index contributed by atoms with van der Waals surface area (Å²) in [4.78, 5) is 15.6. The van der Waals surface area contributed by atoms with Gasteiger partial charge in [0.2, 0.25) is 0 Å². The number of nitrogens with one attached hydrogen (secondary N) is 2. The number of sulfone groups is 1. The molecule has 0 aliphatic rings. The van der Waals surface area contributed by atoms with Gasteiger partial charge in [-0.25, -0.2) is 18.5 Å². The van der Waals surface area contributed by atoms with E-state index in [2.05, 4.69) is 15.6 Å². The Balaban J connectivity index is 2.37.